The van der Waals surface area contributed by atoms with Crippen molar-refractivity contribution in [1.82, 2.24) is 10.3 Å². The van der Waals surface area contributed by atoms with Crippen LogP contribution in [0.4, 0.5) is 5.69 Å². The maximum atomic E-state index is 11.8. The predicted octanol–water partition coefficient (Wildman–Crippen LogP) is 4.58. The average Bonchev–Trinajstić information content (AvgIpc) is 2.84. The molecule has 0 bridgehead atoms. The number of ether oxygens (including phenoxy) is 2. The number of aryl methyl sites for hydroxylation is 2. The Kier molecular flexibility index (Phi) is 6.88. The maximum absolute atomic E-state index is 11.8. The van der Waals surface area contributed by atoms with E-state index in [9.17, 15) is 9.59 Å². The Morgan fingerprint density at radius 1 is 1.12 bits per heavy atom. The molecule has 0 saturated heterocycles. The normalized spacial score (nSPS) is 14.5. The Morgan fingerprint density at radius 3 is 2.64 bits per heavy atom. The molecule has 2 amide bonds. The number of carbonyl (C=O) groups is 2. The van der Waals surface area contributed by atoms with E-state index in [1.54, 1.807) is 12.1 Å². The number of amides is 2. The van der Waals surface area contributed by atoms with Gasteiger partial charge in [-0.15, -0.1) is 0 Å². The average molecular weight is 446 g/mol. The minimum atomic E-state index is -0.324. The number of hydrogen-bond acceptors (Lipinski definition) is 5. The fraction of sp³-hybridized carbons (Fsp3) is 0.269. The van der Waals surface area contributed by atoms with Gasteiger partial charge in [0.1, 0.15) is 17.6 Å². The van der Waals surface area contributed by atoms with Gasteiger partial charge in [0.15, 0.2) is 0 Å². The molecule has 1 aromatic heterocycles. The molecular formula is C26H27N3O4. The zero-order chi connectivity index (χ0) is 23.2. The standard InChI is InChI=1S/C26H27N3O4/c1-3-18-4-6-19(7-5-18)23-11-8-20-14-22(10-12-24(20)33-23)32-26-13-9-21(15-28-26)29-25(31)16-27-17(2)30/h4-7,9-10,12-15,23H,3,8,11,16H2,1-2H3,(H,27,30)(H,29,31). The Morgan fingerprint density at radius 2 is 1.94 bits per heavy atom. The minimum Gasteiger partial charge on any atom is -0.485 e. The molecule has 2 aromatic carbocycles. The molecule has 1 unspecified atom stereocenters. The predicted molar refractivity (Wildman–Crippen MR) is 126 cm³/mol. The number of nitrogens with zero attached hydrogens (tertiary/aromatic N) is 1. The summed E-state index contributed by atoms with van der Waals surface area (Å²) in [5, 5.41) is 5.11. The summed E-state index contributed by atoms with van der Waals surface area (Å²) in [4.78, 5) is 26.9. The number of benzene rings is 2. The van der Waals surface area contributed by atoms with Crippen LogP contribution in [0.25, 0.3) is 0 Å². The van der Waals surface area contributed by atoms with Gasteiger partial charge in [-0.25, -0.2) is 4.98 Å². The first-order chi connectivity index (χ1) is 16.0. The maximum Gasteiger partial charge on any atom is 0.243 e. The van der Waals surface area contributed by atoms with Gasteiger partial charge in [0, 0.05) is 13.0 Å². The number of rotatable bonds is 7. The molecule has 0 radical (unpaired) electrons. The summed E-state index contributed by atoms with van der Waals surface area (Å²) in [6, 6.07) is 17.8. The Balaban J connectivity index is 1.35. The van der Waals surface area contributed by atoms with E-state index >= 15 is 0 Å². The van der Waals surface area contributed by atoms with E-state index in [1.807, 2.05) is 18.2 Å². The number of anilines is 1. The molecule has 7 heteroatoms. The second kappa shape index (κ2) is 10.2. The van der Waals surface area contributed by atoms with Crippen LogP contribution in [0.1, 0.15) is 43.1 Å². The first kappa shape index (κ1) is 22.3. The topological polar surface area (TPSA) is 89.6 Å². The van der Waals surface area contributed by atoms with E-state index in [0.717, 1.165) is 30.6 Å². The lowest BCUT2D eigenvalue weighted by Gasteiger charge is -2.27. The van der Waals surface area contributed by atoms with Crippen molar-refractivity contribution in [3.8, 4) is 17.4 Å². The van der Waals surface area contributed by atoms with Crippen molar-refractivity contribution < 1.29 is 19.1 Å². The third-order valence-electron chi connectivity index (χ3n) is 5.48. The van der Waals surface area contributed by atoms with Crippen LogP contribution in [0.5, 0.6) is 17.4 Å². The molecule has 1 atom stereocenters. The molecule has 7 nitrogen and oxygen atoms in total. The van der Waals surface area contributed by atoms with Crippen molar-refractivity contribution >= 4 is 17.5 Å². The fourth-order valence-electron chi connectivity index (χ4n) is 3.68. The molecule has 0 spiro atoms. The quantitative estimate of drug-likeness (QED) is 0.556. The van der Waals surface area contributed by atoms with Crippen LogP contribution in [0, 0.1) is 0 Å². The number of nitrogens with one attached hydrogen (secondary N) is 2. The SMILES string of the molecule is CCc1ccc(C2CCc3cc(Oc4ccc(NC(=O)CNC(C)=O)cn4)ccc3O2)cc1. The van der Waals surface area contributed by atoms with Crippen molar-refractivity contribution in [3.63, 3.8) is 0 Å². The van der Waals surface area contributed by atoms with E-state index in [4.69, 9.17) is 9.47 Å². The molecule has 1 aliphatic heterocycles. The van der Waals surface area contributed by atoms with Crippen LogP contribution in [0.2, 0.25) is 0 Å². The summed E-state index contributed by atoms with van der Waals surface area (Å²) in [7, 11) is 0. The number of hydrogen-bond donors (Lipinski definition) is 2. The minimum absolute atomic E-state index is 0.0604. The highest BCUT2D eigenvalue weighted by Crippen LogP contribution is 2.37. The van der Waals surface area contributed by atoms with Crippen molar-refractivity contribution in [3.05, 3.63) is 77.5 Å². The second-order valence-electron chi connectivity index (χ2n) is 7.95. The van der Waals surface area contributed by atoms with Gasteiger partial charge in [-0.1, -0.05) is 31.2 Å². The lowest BCUT2D eigenvalue weighted by molar-refractivity contribution is -0.122. The molecule has 0 fully saturated rings. The molecular weight excluding hydrogens is 418 g/mol. The van der Waals surface area contributed by atoms with Gasteiger partial charge in [0.2, 0.25) is 17.7 Å². The van der Waals surface area contributed by atoms with Gasteiger partial charge in [-0.05, 0) is 60.2 Å². The van der Waals surface area contributed by atoms with Crippen molar-refractivity contribution in [2.45, 2.75) is 39.2 Å². The van der Waals surface area contributed by atoms with Crippen LogP contribution in [0.15, 0.2) is 60.8 Å². The van der Waals surface area contributed by atoms with Gasteiger partial charge in [-0.2, -0.15) is 0 Å². The highest BCUT2D eigenvalue weighted by molar-refractivity contribution is 5.94. The number of pyridine rings is 1. The van der Waals surface area contributed by atoms with E-state index in [-0.39, 0.29) is 24.5 Å². The zero-order valence-corrected chi connectivity index (χ0v) is 18.8. The molecule has 0 saturated carbocycles. The third-order valence-corrected chi connectivity index (χ3v) is 5.48. The first-order valence-corrected chi connectivity index (χ1v) is 11.1. The molecule has 1 aliphatic rings. The molecule has 0 aliphatic carbocycles. The molecule has 170 valence electrons. The van der Waals surface area contributed by atoms with Crippen LogP contribution in [0.3, 0.4) is 0 Å². The highest BCUT2D eigenvalue weighted by atomic mass is 16.5. The summed E-state index contributed by atoms with van der Waals surface area (Å²) in [5.41, 5.74) is 4.16. The van der Waals surface area contributed by atoms with Gasteiger partial charge in [0.05, 0.1) is 18.4 Å². The van der Waals surface area contributed by atoms with Crippen LogP contribution in [-0.4, -0.2) is 23.3 Å². The fourth-order valence-corrected chi connectivity index (χ4v) is 3.68. The van der Waals surface area contributed by atoms with Gasteiger partial charge < -0.3 is 20.1 Å². The van der Waals surface area contributed by atoms with Crippen molar-refractivity contribution in [2.75, 3.05) is 11.9 Å². The molecule has 33 heavy (non-hydrogen) atoms. The van der Waals surface area contributed by atoms with Gasteiger partial charge in [0.25, 0.3) is 0 Å². The summed E-state index contributed by atoms with van der Waals surface area (Å²) in [6.45, 7) is 3.42. The summed E-state index contributed by atoms with van der Waals surface area (Å²) in [5.74, 6) is 1.39. The van der Waals surface area contributed by atoms with E-state index in [0.29, 0.717) is 17.3 Å². The monoisotopic (exact) mass is 445 g/mol. The molecule has 3 aromatic rings. The van der Waals surface area contributed by atoms with Crippen molar-refractivity contribution in [2.24, 2.45) is 0 Å². The van der Waals surface area contributed by atoms with Crippen LogP contribution in [-0.2, 0) is 22.4 Å². The summed E-state index contributed by atoms with van der Waals surface area (Å²) >= 11 is 0. The summed E-state index contributed by atoms with van der Waals surface area (Å²) < 4.78 is 12.1. The largest absolute Gasteiger partial charge is 0.485 e. The highest BCUT2D eigenvalue weighted by Gasteiger charge is 2.22. The van der Waals surface area contributed by atoms with E-state index < -0.39 is 0 Å². The lowest BCUT2D eigenvalue weighted by Crippen LogP contribution is -2.31. The Labute approximate surface area is 193 Å². The van der Waals surface area contributed by atoms with Crippen LogP contribution < -0.4 is 20.1 Å². The van der Waals surface area contributed by atoms with E-state index in [1.165, 1.54) is 24.2 Å². The first-order valence-electron chi connectivity index (χ1n) is 11.1. The van der Waals surface area contributed by atoms with Crippen LogP contribution >= 0.6 is 0 Å². The van der Waals surface area contributed by atoms with Crippen molar-refractivity contribution in [1.29, 1.82) is 0 Å². The zero-order valence-electron chi connectivity index (χ0n) is 18.8. The Bertz CT molecular complexity index is 1130. The Hall–Kier alpha value is -3.87. The molecule has 2 heterocycles. The van der Waals surface area contributed by atoms with E-state index in [2.05, 4.69) is 46.8 Å². The molecule has 2 N–H and O–H groups in total. The van der Waals surface area contributed by atoms with Gasteiger partial charge in [-0.3, -0.25) is 9.59 Å². The third kappa shape index (κ3) is 5.88. The number of fused-ring (bicyclic) bond motifs is 1. The second-order valence-corrected chi connectivity index (χ2v) is 7.95. The summed E-state index contributed by atoms with van der Waals surface area (Å²) in [6.07, 6.45) is 4.41. The number of carbonyl (C=O) groups excluding carboxylic acids is 2. The van der Waals surface area contributed by atoms with Gasteiger partial charge >= 0.3 is 0 Å². The smallest absolute Gasteiger partial charge is 0.243 e. The lowest BCUT2D eigenvalue weighted by atomic mass is 9.96. The number of aromatic nitrogens is 1. The molecule has 4 rings (SSSR count).